The first-order valence-corrected chi connectivity index (χ1v) is 3.96. The number of nitrogens with zero attached hydrogens (tertiary/aromatic N) is 2. The third-order valence-electron chi connectivity index (χ3n) is 1.15. The molecule has 0 amide bonds. The lowest BCUT2D eigenvalue weighted by molar-refractivity contribution is 0.344. The van der Waals surface area contributed by atoms with Gasteiger partial charge < -0.3 is 4.74 Å². The van der Waals surface area contributed by atoms with Crippen molar-refractivity contribution in [3.05, 3.63) is 23.5 Å². The largest absolute Gasteiger partial charge is 0.483 e. The lowest BCUT2D eigenvalue weighted by Crippen LogP contribution is -1.83. The van der Waals surface area contributed by atoms with Crippen molar-refractivity contribution in [3.63, 3.8) is 0 Å². The highest BCUT2D eigenvalue weighted by molar-refractivity contribution is 6.29. The van der Waals surface area contributed by atoms with Crippen LogP contribution in [0.25, 0.3) is 0 Å². The number of pyridine rings is 1. The Bertz CT molecular complexity index is 258. The molecule has 1 aromatic rings. The molecule has 1 rings (SSSR count). The molecule has 1 heterocycles. The first kappa shape index (κ1) is 9.00. The van der Waals surface area contributed by atoms with Crippen LogP contribution in [0.5, 0.6) is 0 Å². The van der Waals surface area contributed by atoms with Gasteiger partial charge in [-0.15, -0.1) is 0 Å². The highest BCUT2D eigenvalue weighted by Crippen LogP contribution is 2.11. The minimum atomic E-state index is 0.463. The number of hydrogen-bond donors (Lipinski definition) is 0. The number of ether oxygens (including phenoxy) is 1. The Morgan fingerprint density at radius 1 is 1.67 bits per heavy atom. The lowest BCUT2D eigenvalue weighted by atomic mass is 10.4. The van der Waals surface area contributed by atoms with E-state index >= 15 is 0 Å². The van der Waals surface area contributed by atoms with Crippen molar-refractivity contribution in [2.75, 3.05) is 6.61 Å². The summed E-state index contributed by atoms with van der Waals surface area (Å²) >= 11 is 5.58. The number of aromatic nitrogens is 1. The molecule has 0 saturated heterocycles. The molecule has 0 radical (unpaired) electrons. The number of halogens is 1. The minimum absolute atomic E-state index is 0.463. The average Bonchev–Trinajstić information content (AvgIpc) is 2.09. The molecule has 0 aromatic carbocycles. The SMILES string of the molecule is CCOC=Nc1ccc(Cl)nc1. The lowest BCUT2D eigenvalue weighted by Gasteiger charge is -1.93. The van der Waals surface area contributed by atoms with E-state index in [9.17, 15) is 0 Å². The summed E-state index contributed by atoms with van der Waals surface area (Å²) in [5.41, 5.74) is 0.729. The van der Waals surface area contributed by atoms with Crippen LogP contribution in [-0.4, -0.2) is 18.0 Å². The Kier molecular flexibility index (Phi) is 3.54. The van der Waals surface area contributed by atoms with E-state index in [-0.39, 0.29) is 0 Å². The summed E-state index contributed by atoms with van der Waals surface area (Å²) in [7, 11) is 0. The van der Waals surface area contributed by atoms with Gasteiger partial charge in [-0.3, -0.25) is 0 Å². The number of hydrogen-bond acceptors (Lipinski definition) is 3. The maximum atomic E-state index is 5.58. The van der Waals surface area contributed by atoms with Crippen LogP contribution in [0.3, 0.4) is 0 Å². The average molecular weight is 185 g/mol. The minimum Gasteiger partial charge on any atom is -0.483 e. The summed E-state index contributed by atoms with van der Waals surface area (Å²) in [4.78, 5) is 7.82. The predicted octanol–water partition coefficient (Wildman–Crippen LogP) is 2.43. The van der Waals surface area contributed by atoms with Gasteiger partial charge in [0.25, 0.3) is 0 Å². The maximum absolute atomic E-state index is 5.58. The van der Waals surface area contributed by atoms with Gasteiger partial charge in [-0.05, 0) is 19.1 Å². The fourth-order valence-corrected chi connectivity index (χ4v) is 0.729. The van der Waals surface area contributed by atoms with Crippen molar-refractivity contribution in [1.29, 1.82) is 0 Å². The highest BCUT2D eigenvalue weighted by Gasteiger charge is 1.88. The smallest absolute Gasteiger partial charge is 0.174 e. The molecular weight excluding hydrogens is 176 g/mol. The first-order chi connectivity index (χ1) is 5.83. The Hall–Kier alpha value is -1.09. The van der Waals surface area contributed by atoms with Crippen LogP contribution in [0.15, 0.2) is 23.3 Å². The van der Waals surface area contributed by atoms with Crippen molar-refractivity contribution in [2.45, 2.75) is 6.92 Å². The Labute approximate surface area is 76.1 Å². The van der Waals surface area contributed by atoms with E-state index in [1.165, 1.54) is 6.40 Å². The van der Waals surface area contributed by atoms with E-state index in [0.29, 0.717) is 11.8 Å². The van der Waals surface area contributed by atoms with Gasteiger partial charge in [0, 0.05) is 0 Å². The molecule has 0 unspecified atom stereocenters. The van der Waals surface area contributed by atoms with Gasteiger partial charge in [-0.2, -0.15) is 0 Å². The van der Waals surface area contributed by atoms with Crippen molar-refractivity contribution in [2.24, 2.45) is 4.99 Å². The van der Waals surface area contributed by atoms with Crippen molar-refractivity contribution < 1.29 is 4.74 Å². The van der Waals surface area contributed by atoms with Gasteiger partial charge in [-0.25, -0.2) is 9.98 Å². The van der Waals surface area contributed by atoms with Crippen LogP contribution >= 0.6 is 11.6 Å². The molecule has 1 aromatic heterocycles. The van der Waals surface area contributed by atoms with Crippen LogP contribution in [0.4, 0.5) is 5.69 Å². The van der Waals surface area contributed by atoms with E-state index in [1.807, 2.05) is 6.92 Å². The Balaban J connectivity index is 2.58. The monoisotopic (exact) mass is 184 g/mol. The van der Waals surface area contributed by atoms with Crippen molar-refractivity contribution in [1.82, 2.24) is 4.98 Å². The topological polar surface area (TPSA) is 34.5 Å². The molecule has 0 saturated carbocycles. The Morgan fingerprint density at radius 3 is 3.08 bits per heavy atom. The molecular formula is C8H9ClN2O. The van der Waals surface area contributed by atoms with Crippen LogP contribution in [0, 0.1) is 0 Å². The fraction of sp³-hybridized carbons (Fsp3) is 0.250. The zero-order valence-electron chi connectivity index (χ0n) is 6.70. The molecule has 0 atom stereocenters. The summed E-state index contributed by atoms with van der Waals surface area (Å²) in [6, 6.07) is 3.45. The Morgan fingerprint density at radius 2 is 2.50 bits per heavy atom. The number of aliphatic imine (C=N–C) groups is 1. The molecule has 4 heteroatoms. The molecule has 0 aliphatic heterocycles. The van der Waals surface area contributed by atoms with Gasteiger partial charge in [0.2, 0.25) is 0 Å². The molecule has 0 aliphatic rings. The van der Waals surface area contributed by atoms with Crippen molar-refractivity contribution >= 4 is 23.7 Å². The predicted molar refractivity (Wildman–Crippen MR) is 49.0 cm³/mol. The second kappa shape index (κ2) is 4.72. The van der Waals surface area contributed by atoms with E-state index in [1.54, 1.807) is 18.3 Å². The van der Waals surface area contributed by atoms with Gasteiger partial charge >= 0.3 is 0 Å². The first-order valence-electron chi connectivity index (χ1n) is 3.58. The van der Waals surface area contributed by atoms with E-state index < -0.39 is 0 Å². The van der Waals surface area contributed by atoms with Crippen LogP contribution in [-0.2, 0) is 4.74 Å². The summed E-state index contributed by atoms with van der Waals surface area (Å²) in [6.45, 7) is 2.51. The summed E-state index contributed by atoms with van der Waals surface area (Å²) in [6.07, 6.45) is 2.97. The van der Waals surface area contributed by atoms with Crippen molar-refractivity contribution in [3.8, 4) is 0 Å². The highest BCUT2D eigenvalue weighted by atomic mass is 35.5. The third kappa shape index (κ3) is 2.88. The summed E-state index contributed by atoms with van der Waals surface area (Å²) in [5, 5.41) is 0.463. The third-order valence-corrected chi connectivity index (χ3v) is 1.38. The molecule has 0 aliphatic carbocycles. The van der Waals surface area contributed by atoms with Gasteiger partial charge in [0.15, 0.2) is 6.40 Å². The zero-order chi connectivity index (χ0) is 8.81. The molecule has 12 heavy (non-hydrogen) atoms. The van der Waals surface area contributed by atoms with E-state index in [2.05, 4.69) is 9.98 Å². The number of rotatable bonds is 3. The molecule has 0 N–H and O–H groups in total. The van der Waals surface area contributed by atoms with Gasteiger partial charge in [0.1, 0.15) is 5.15 Å². The second-order valence-electron chi connectivity index (χ2n) is 2.03. The van der Waals surface area contributed by atoms with Crippen LogP contribution in [0.2, 0.25) is 5.15 Å². The maximum Gasteiger partial charge on any atom is 0.174 e. The quantitative estimate of drug-likeness (QED) is 0.411. The van der Waals surface area contributed by atoms with Gasteiger partial charge in [-0.1, -0.05) is 11.6 Å². The molecule has 0 spiro atoms. The van der Waals surface area contributed by atoms with Crippen LogP contribution in [0.1, 0.15) is 6.92 Å². The molecule has 0 bridgehead atoms. The summed E-state index contributed by atoms with van der Waals surface area (Å²) < 4.78 is 4.92. The molecule has 0 fully saturated rings. The van der Waals surface area contributed by atoms with E-state index in [4.69, 9.17) is 16.3 Å². The fourth-order valence-electron chi connectivity index (χ4n) is 0.617. The van der Waals surface area contributed by atoms with Crippen LogP contribution < -0.4 is 0 Å². The zero-order valence-corrected chi connectivity index (χ0v) is 7.45. The standard InChI is InChI=1S/C8H9ClN2O/c1-2-12-6-11-7-3-4-8(9)10-5-7/h3-6H,2H2,1H3. The van der Waals surface area contributed by atoms with E-state index in [0.717, 1.165) is 5.69 Å². The summed E-state index contributed by atoms with van der Waals surface area (Å²) in [5.74, 6) is 0. The second-order valence-corrected chi connectivity index (χ2v) is 2.42. The normalized spacial score (nSPS) is 10.5. The van der Waals surface area contributed by atoms with Gasteiger partial charge in [0.05, 0.1) is 18.5 Å². The molecule has 3 nitrogen and oxygen atoms in total. The molecule has 64 valence electrons.